The maximum absolute atomic E-state index is 12.3. The fourth-order valence-corrected chi connectivity index (χ4v) is 3.25. The number of hydrogen-bond acceptors (Lipinski definition) is 4. The van der Waals surface area contributed by atoms with Gasteiger partial charge in [0.25, 0.3) is 5.91 Å². The maximum atomic E-state index is 12.3. The molecule has 1 heterocycles. The molecule has 2 aromatic carbocycles. The molecular formula is C17H16N2O2S. The van der Waals surface area contributed by atoms with Crippen LogP contribution in [0.3, 0.4) is 0 Å². The number of nitrogens with one attached hydrogen (secondary N) is 1. The average molecular weight is 312 g/mol. The molecule has 3 aromatic rings. The van der Waals surface area contributed by atoms with E-state index >= 15 is 0 Å². The molecule has 0 unspecified atom stereocenters. The first-order valence-electron chi connectivity index (χ1n) is 6.89. The number of hydrogen-bond donors (Lipinski definition) is 1. The van der Waals surface area contributed by atoms with Crippen LogP contribution in [-0.4, -0.2) is 18.0 Å². The second kappa shape index (κ2) is 5.77. The van der Waals surface area contributed by atoms with Crippen LogP contribution in [0.2, 0.25) is 0 Å². The van der Waals surface area contributed by atoms with Crippen LogP contribution >= 0.6 is 11.3 Å². The Balaban J connectivity index is 1.87. The van der Waals surface area contributed by atoms with Crippen molar-refractivity contribution < 1.29 is 9.53 Å². The van der Waals surface area contributed by atoms with Crippen molar-refractivity contribution in [2.75, 3.05) is 12.4 Å². The van der Waals surface area contributed by atoms with E-state index in [1.807, 2.05) is 50.2 Å². The zero-order valence-electron chi connectivity index (χ0n) is 12.6. The maximum Gasteiger partial charge on any atom is 0.257 e. The van der Waals surface area contributed by atoms with Gasteiger partial charge in [0.05, 0.1) is 17.3 Å². The van der Waals surface area contributed by atoms with Crippen molar-refractivity contribution in [2.45, 2.75) is 13.8 Å². The summed E-state index contributed by atoms with van der Waals surface area (Å²) in [5.74, 6) is 0.640. The highest BCUT2D eigenvalue weighted by Gasteiger charge is 2.11. The van der Waals surface area contributed by atoms with Crippen LogP contribution in [0.15, 0.2) is 36.4 Å². The predicted octanol–water partition coefficient (Wildman–Crippen LogP) is 4.17. The average Bonchev–Trinajstić information content (AvgIpc) is 2.87. The Morgan fingerprint density at radius 2 is 1.86 bits per heavy atom. The molecule has 0 bridgehead atoms. The normalized spacial score (nSPS) is 10.7. The number of benzene rings is 2. The standard InChI is InChI=1S/C17H16N2O2S/c1-10-6-11(2)8-12(7-10)16(20)19-17-18-14-5-4-13(21-3)9-15(14)22-17/h4-9H,1-3H3,(H,18,19,20). The number of fused-ring (bicyclic) bond motifs is 1. The van der Waals surface area contributed by atoms with Crippen LogP contribution < -0.4 is 10.1 Å². The van der Waals surface area contributed by atoms with Crippen molar-refractivity contribution in [3.63, 3.8) is 0 Å². The molecule has 112 valence electrons. The van der Waals surface area contributed by atoms with Crippen molar-refractivity contribution in [3.8, 4) is 5.75 Å². The largest absolute Gasteiger partial charge is 0.497 e. The molecule has 0 aliphatic rings. The Kier molecular flexibility index (Phi) is 3.81. The van der Waals surface area contributed by atoms with E-state index in [1.54, 1.807) is 7.11 Å². The molecule has 0 saturated heterocycles. The molecule has 0 aliphatic carbocycles. The third kappa shape index (κ3) is 2.94. The van der Waals surface area contributed by atoms with Crippen LogP contribution in [0.25, 0.3) is 10.2 Å². The van der Waals surface area contributed by atoms with E-state index in [2.05, 4.69) is 10.3 Å². The van der Waals surface area contributed by atoms with Crippen LogP contribution in [0.5, 0.6) is 5.75 Å². The van der Waals surface area contributed by atoms with Crippen LogP contribution in [0.1, 0.15) is 21.5 Å². The van der Waals surface area contributed by atoms with E-state index in [-0.39, 0.29) is 5.91 Å². The summed E-state index contributed by atoms with van der Waals surface area (Å²) in [5, 5.41) is 3.46. The number of ether oxygens (including phenoxy) is 1. The molecule has 0 spiro atoms. The molecule has 0 atom stereocenters. The molecule has 4 nitrogen and oxygen atoms in total. The van der Waals surface area contributed by atoms with Crippen LogP contribution in [0.4, 0.5) is 5.13 Å². The molecule has 0 fully saturated rings. The summed E-state index contributed by atoms with van der Waals surface area (Å²) in [5.41, 5.74) is 3.63. The minimum Gasteiger partial charge on any atom is -0.497 e. The SMILES string of the molecule is COc1ccc2nc(NC(=O)c3cc(C)cc(C)c3)sc2c1. The number of aryl methyl sites for hydroxylation is 2. The summed E-state index contributed by atoms with van der Waals surface area (Å²) < 4.78 is 6.18. The molecule has 5 heteroatoms. The summed E-state index contributed by atoms with van der Waals surface area (Å²) in [6.45, 7) is 3.96. The number of carbonyl (C=O) groups excluding carboxylic acids is 1. The van der Waals surface area contributed by atoms with Gasteiger partial charge >= 0.3 is 0 Å². The van der Waals surface area contributed by atoms with Gasteiger partial charge in [0.2, 0.25) is 0 Å². The van der Waals surface area contributed by atoms with E-state index in [9.17, 15) is 4.79 Å². The Hall–Kier alpha value is -2.40. The van der Waals surface area contributed by atoms with E-state index in [0.717, 1.165) is 27.1 Å². The van der Waals surface area contributed by atoms with Gasteiger partial charge in [0.1, 0.15) is 5.75 Å². The highest BCUT2D eigenvalue weighted by atomic mass is 32.1. The highest BCUT2D eigenvalue weighted by molar-refractivity contribution is 7.22. The van der Waals surface area contributed by atoms with Crippen molar-refractivity contribution in [2.24, 2.45) is 0 Å². The Morgan fingerprint density at radius 3 is 2.55 bits per heavy atom. The fraction of sp³-hybridized carbons (Fsp3) is 0.176. The van der Waals surface area contributed by atoms with E-state index in [1.165, 1.54) is 11.3 Å². The number of thiazole rings is 1. The second-order valence-electron chi connectivity index (χ2n) is 5.18. The van der Waals surface area contributed by atoms with Gasteiger partial charge in [-0.25, -0.2) is 4.98 Å². The summed E-state index contributed by atoms with van der Waals surface area (Å²) in [6.07, 6.45) is 0. The quantitative estimate of drug-likeness (QED) is 0.789. The number of methoxy groups -OCH3 is 1. The summed E-state index contributed by atoms with van der Waals surface area (Å²) in [6, 6.07) is 11.5. The zero-order chi connectivity index (χ0) is 15.7. The molecular weight excluding hydrogens is 296 g/mol. The molecule has 1 amide bonds. The lowest BCUT2D eigenvalue weighted by molar-refractivity contribution is 0.102. The van der Waals surface area contributed by atoms with Crippen molar-refractivity contribution in [1.29, 1.82) is 0 Å². The van der Waals surface area contributed by atoms with Crippen molar-refractivity contribution >= 4 is 32.6 Å². The second-order valence-corrected chi connectivity index (χ2v) is 6.21. The van der Waals surface area contributed by atoms with Crippen molar-refractivity contribution in [1.82, 2.24) is 4.98 Å². The lowest BCUT2D eigenvalue weighted by Gasteiger charge is -2.04. The molecule has 1 aromatic heterocycles. The number of rotatable bonds is 3. The fourth-order valence-electron chi connectivity index (χ4n) is 2.36. The topological polar surface area (TPSA) is 51.2 Å². The first-order chi connectivity index (χ1) is 10.5. The smallest absolute Gasteiger partial charge is 0.257 e. The van der Waals surface area contributed by atoms with E-state index < -0.39 is 0 Å². The molecule has 0 aliphatic heterocycles. The third-order valence-electron chi connectivity index (χ3n) is 3.30. The lowest BCUT2D eigenvalue weighted by atomic mass is 10.1. The van der Waals surface area contributed by atoms with Gasteiger partial charge in [-0.2, -0.15) is 0 Å². The van der Waals surface area contributed by atoms with Gasteiger partial charge < -0.3 is 4.74 Å². The Bertz CT molecular complexity index is 835. The number of aromatic nitrogens is 1. The number of amides is 1. The van der Waals surface area contributed by atoms with E-state index in [4.69, 9.17) is 4.74 Å². The van der Waals surface area contributed by atoms with Crippen LogP contribution in [0, 0.1) is 13.8 Å². The van der Waals surface area contributed by atoms with Gasteiger partial charge in [0, 0.05) is 5.56 Å². The molecule has 3 rings (SSSR count). The Morgan fingerprint density at radius 1 is 1.14 bits per heavy atom. The minimum absolute atomic E-state index is 0.141. The molecule has 1 N–H and O–H groups in total. The van der Waals surface area contributed by atoms with E-state index in [0.29, 0.717) is 10.7 Å². The first-order valence-corrected chi connectivity index (χ1v) is 7.71. The summed E-state index contributed by atoms with van der Waals surface area (Å²) >= 11 is 1.44. The summed E-state index contributed by atoms with van der Waals surface area (Å²) in [7, 11) is 1.63. The first kappa shape index (κ1) is 14.5. The van der Waals surface area contributed by atoms with Crippen molar-refractivity contribution in [3.05, 3.63) is 53.1 Å². The lowest BCUT2D eigenvalue weighted by Crippen LogP contribution is -2.12. The van der Waals surface area contributed by atoms with Gasteiger partial charge in [-0.3, -0.25) is 10.1 Å². The van der Waals surface area contributed by atoms with Gasteiger partial charge in [0.15, 0.2) is 5.13 Å². The summed E-state index contributed by atoms with van der Waals surface area (Å²) in [4.78, 5) is 16.8. The molecule has 22 heavy (non-hydrogen) atoms. The van der Waals surface area contributed by atoms with Gasteiger partial charge in [-0.15, -0.1) is 0 Å². The predicted molar refractivity (Wildman–Crippen MR) is 90.0 cm³/mol. The molecule has 0 radical (unpaired) electrons. The number of anilines is 1. The molecule has 0 saturated carbocycles. The van der Waals surface area contributed by atoms with Crippen LogP contribution in [-0.2, 0) is 0 Å². The van der Waals surface area contributed by atoms with Gasteiger partial charge in [-0.1, -0.05) is 28.5 Å². The third-order valence-corrected chi connectivity index (χ3v) is 4.23. The number of nitrogens with zero attached hydrogens (tertiary/aromatic N) is 1. The number of carbonyl (C=O) groups is 1. The monoisotopic (exact) mass is 312 g/mol. The zero-order valence-corrected chi connectivity index (χ0v) is 13.5. The Labute approximate surface area is 132 Å². The minimum atomic E-state index is -0.141. The van der Waals surface area contributed by atoms with Gasteiger partial charge in [-0.05, 0) is 44.2 Å². The highest BCUT2D eigenvalue weighted by Crippen LogP contribution is 2.29.